The Kier molecular flexibility index (Phi) is 7.68. The largest absolute Gasteiger partial charge is 0.496 e. The molecule has 3 aliphatic heterocycles. The van der Waals surface area contributed by atoms with Crippen molar-refractivity contribution in [2.24, 2.45) is 0 Å². The minimum atomic E-state index is -0.815. The third kappa shape index (κ3) is 5.16. The molecule has 0 unspecified atom stereocenters. The summed E-state index contributed by atoms with van der Waals surface area (Å²) in [5.41, 5.74) is 1.34. The molecule has 11 heteroatoms. The number of benzene rings is 1. The zero-order valence-electron chi connectivity index (χ0n) is 20.6. The first kappa shape index (κ1) is 25.1. The minimum absolute atomic E-state index is 0.195. The zero-order chi connectivity index (χ0) is 25.0. The van der Waals surface area contributed by atoms with E-state index in [0.29, 0.717) is 79.8 Å². The molecule has 0 radical (unpaired) electrons. The van der Waals surface area contributed by atoms with Gasteiger partial charge in [0.1, 0.15) is 5.75 Å². The highest BCUT2D eigenvalue weighted by atomic mass is 16.7. The molecule has 11 nitrogen and oxygen atoms in total. The molecule has 1 spiro atoms. The van der Waals surface area contributed by atoms with E-state index in [-0.39, 0.29) is 6.61 Å². The van der Waals surface area contributed by atoms with Crippen molar-refractivity contribution in [3.05, 3.63) is 29.0 Å². The molecule has 1 aromatic carbocycles. The lowest BCUT2D eigenvalue weighted by Gasteiger charge is -2.39. The monoisotopic (exact) mass is 491 g/mol. The summed E-state index contributed by atoms with van der Waals surface area (Å²) in [7, 11) is 4.55. The Morgan fingerprint density at radius 1 is 1.06 bits per heavy atom. The molecule has 4 rings (SSSR count). The Labute approximate surface area is 204 Å². The number of rotatable bonds is 8. The van der Waals surface area contributed by atoms with E-state index in [0.717, 1.165) is 0 Å². The number of methoxy groups -OCH3 is 3. The van der Waals surface area contributed by atoms with Crippen LogP contribution in [0.25, 0.3) is 0 Å². The van der Waals surface area contributed by atoms with Crippen LogP contribution < -0.4 is 24.8 Å². The van der Waals surface area contributed by atoms with Crippen molar-refractivity contribution in [1.82, 2.24) is 15.5 Å². The summed E-state index contributed by atoms with van der Waals surface area (Å²) in [5, 5.41) is 5.68. The van der Waals surface area contributed by atoms with Gasteiger partial charge < -0.3 is 39.1 Å². The molecular weight excluding hydrogens is 458 g/mol. The highest BCUT2D eigenvalue weighted by molar-refractivity contribution is 5.95. The second-order valence-electron chi connectivity index (χ2n) is 8.48. The average Bonchev–Trinajstić information content (AvgIpc) is 3.32. The lowest BCUT2D eigenvalue weighted by atomic mass is 9.93. The fourth-order valence-corrected chi connectivity index (χ4v) is 4.77. The van der Waals surface area contributed by atoms with Crippen LogP contribution in [0.2, 0.25) is 0 Å². The van der Waals surface area contributed by atoms with Gasteiger partial charge in [-0.2, -0.15) is 0 Å². The first-order chi connectivity index (χ1) is 16.9. The number of urea groups is 1. The number of nitrogens with zero attached hydrogens (tertiary/aromatic N) is 1. The van der Waals surface area contributed by atoms with Crippen LogP contribution in [-0.4, -0.2) is 83.5 Å². The van der Waals surface area contributed by atoms with Gasteiger partial charge in [-0.25, -0.2) is 9.59 Å². The Balaban J connectivity index is 1.69. The van der Waals surface area contributed by atoms with E-state index < -0.39 is 23.8 Å². The number of amides is 2. The molecule has 0 saturated carbocycles. The summed E-state index contributed by atoms with van der Waals surface area (Å²) in [6.45, 7) is 4.92. The van der Waals surface area contributed by atoms with Gasteiger partial charge in [0.25, 0.3) is 0 Å². The summed E-state index contributed by atoms with van der Waals surface area (Å²) in [4.78, 5) is 28.1. The van der Waals surface area contributed by atoms with E-state index in [2.05, 4.69) is 15.5 Å². The topological polar surface area (TPSA) is 117 Å². The van der Waals surface area contributed by atoms with Crippen molar-refractivity contribution in [3.8, 4) is 17.2 Å². The van der Waals surface area contributed by atoms with Crippen molar-refractivity contribution in [3.63, 3.8) is 0 Å². The predicted octanol–water partition coefficient (Wildman–Crippen LogP) is 1.72. The summed E-state index contributed by atoms with van der Waals surface area (Å²) in [6, 6.07) is 2.12. The standard InChI is InChI=1S/C24H33N3O8/c1-5-33-22(28)20-16(14-27-8-6-24(7-9-27)34-10-11-35-24)25-23(29)26-21(20)15-12-18(31-3)19(32-4)13-17(15)30-2/h12-13,21H,5-11,14H2,1-4H3,(H2,25,26,29)/t21-/m0/s1. The molecule has 35 heavy (non-hydrogen) atoms. The van der Waals surface area contributed by atoms with Gasteiger partial charge in [-0.15, -0.1) is 0 Å². The molecule has 2 saturated heterocycles. The van der Waals surface area contributed by atoms with Crippen LogP contribution in [0.1, 0.15) is 31.4 Å². The average molecular weight is 492 g/mol. The van der Waals surface area contributed by atoms with E-state index in [1.54, 1.807) is 19.1 Å². The van der Waals surface area contributed by atoms with Crippen molar-refractivity contribution >= 4 is 12.0 Å². The number of hydrogen-bond donors (Lipinski definition) is 2. The number of likely N-dealkylation sites (tertiary alicyclic amines) is 1. The molecule has 1 aromatic rings. The van der Waals surface area contributed by atoms with Crippen LogP contribution in [0, 0.1) is 0 Å². The predicted molar refractivity (Wildman–Crippen MR) is 124 cm³/mol. The highest BCUT2D eigenvalue weighted by Crippen LogP contribution is 2.41. The number of hydrogen-bond acceptors (Lipinski definition) is 9. The molecule has 1 atom stereocenters. The van der Waals surface area contributed by atoms with E-state index in [1.807, 2.05) is 0 Å². The van der Waals surface area contributed by atoms with Crippen molar-refractivity contribution < 1.29 is 38.0 Å². The molecular formula is C24H33N3O8. The van der Waals surface area contributed by atoms with Gasteiger partial charge >= 0.3 is 12.0 Å². The summed E-state index contributed by atoms with van der Waals surface area (Å²) in [5.74, 6) is 0.314. The number of ether oxygens (including phenoxy) is 6. The second kappa shape index (κ2) is 10.7. The fraction of sp³-hybridized carbons (Fsp3) is 0.583. The number of carbonyl (C=O) groups excluding carboxylic acids is 2. The summed E-state index contributed by atoms with van der Waals surface area (Å²) in [6.07, 6.45) is 1.43. The maximum Gasteiger partial charge on any atom is 0.338 e. The Morgan fingerprint density at radius 2 is 1.69 bits per heavy atom. The number of piperidine rings is 1. The summed E-state index contributed by atoms with van der Waals surface area (Å²) >= 11 is 0. The first-order valence-corrected chi connectivity index (χ1v) is 11.7. The van der Waals surface area contributed by atoms with E-state index in [4.69, 9.17) is 28.4 Å². The fourth-order valence-electron chi connectivity index (χ4n) is 4.77. The van der Waals surface area contributed by atoms with Gasteiger partial charge in [-0.05, 0) is 13.0 Å². The molecule has 0 aliphatic carbocycles. The van der Waals surface area contributed by atoms with Crippen molar-refractivity contribution in [2.75, 3.05) is 60.8 Å². The maximum absolute atomic E-state index is 13.2. The van der Waals surface area contributed by atoms with Gasteiger partial charge in [0.2, 0.25) is 0 Å². The molecule has 2 fully saturated rings. The van der Waals surface area contributed by atoms with Crippen LogP contribution in [0.15, 0.2) is 23.4 Å². The maximum atomic E-state index is 13.2. The highest BCUT2D eigenvalue weighted by Gasteiger charge is 2.41. The quantitative estimate of drug-likeness (QED) is 0.524. The lowest BCUT2D eigenvalue weighted by molar-refractivity contribution is -0.184. The molecule has 0 aromatic heterocycles. The second-order valence-corrected chi connectivity index (χ2v) is 8.48. The minimum Gasteiger partial charge on any atom is -0.496 e. The summed E-state index contributed by atoms with van der Waals surface area (Å²) < 4.78 is 33.5. The Morgan fingerprint density at radius 3 is 2.29 bits per heavy atom. The van der Waals surface area contributed by atoms with E-state index >= 15 is 0 Å². The third-order valence-corrected chi connectivity index (χ3v) is 6.51. The molecule has 0 bridgehead atoms. The smallest absolute Gasteiger partial charge is 0.338 e. The number of nitrogens with one attached hydrogen (secondary N) is 2. The zero-order valence-corrected chi connectivity index (χ0v) is 20.6. The molecule has 192 valence electrons. The van der Waals surface area contributed by atoms with Gasteiger partial charge in [-0.1, -0.05) is 0 Å². The molecule has 2 N–H and O–H groups in total. The number of esters is 1. The van der Waals surface area contributed by atoms with Crippen molar-refractivity contribution in [1.29, 1.82) is 0 Å². The van der Waals surface area contributed by atoms with Crippen LogP contribution in [0.5, 0.6) is 17.2 Å². The molecule has 2 amide bonds. The third-order valence-electron chi connectivity index (χ3n) is 6.51. The van der Waals surface area contributed by atoms with Gasteiger partial charge in [0.05, 0.1) is 52.8 Å². The van der Waals surface area contributed by atoms with E-state index in [9.17, 15) is 9.59 Å². The van der Waals surface area contributed by atoms with Crippen LogP contribution in [-0.2, 0) is 19.0 Å². The lowest BCUT2D eigenvalue weighted by Crippen LogP contribution is -2.51. The Hall–Kier alpha value is -3.02. The number of carbonyl (C=O) groups is 2. The van der Waals surface area contributed by atoms with Gasteiger partial charge in [0.15, 0.2) is 17.3 Å². The Bertz CT molecular complexity index is 979. The van der Waals surface area contributed by atoms with Crippen LogP contribution in [0.4, 0.5) is 4.79 Å². The van der Waals surface area contributed by atoms with Gasteiger partial charge in [0, 0.05) is 49.8 Å². The van der Waals surface area contributed by atoms with Crippen LogP contribution in [0.3, 0.4) is 0 Å². The molecule has 3 aliphatic rings. The van der Waals surface area contributed by atoms with Crippen LogP contribution >= 0.6 is 0 Å². The van der Waals surface area contributed by atoms with Crippen molar-refractivity contribution in [2.45, 2.75) is 31.6 Å². The first-order valence-electron chi connectivity index (χ1n) is 11.7. The normalized spacial score (nSPS) is 21.9. The molecule has 3 heterocycles. The van der Waals surface area contributed by atoms with E-state index in [1.165, 1.54) is 21.3 Å². The SMILES string of the molecule is CCOC(=O)C1=C(CN2CCC3(CC2)OCCO3)NC(=O)N[C@H]1c1cc(OC)c(OC)cc1OC. The van der Waals surface area contributed by atoms with Gasteiger partial charge in [-0.3, -0.25) is 4.90 Å².